The predicted molar refractivity (Wildman–Crippen MR) is 77.2 cm³/mol. The van der Waals surface area contributed by atoms with Crippen molar-refractivity contribution < 1.29 is 14.6 Å². The van der Waals surface area contributed by atoms with Gasteiger partial charge < -0.3 is 20.5 Å². The van der Waals surface area contributed by atoms with Crippen molar-refractivity contribution in [3.05, 3.63) is 29.8 Å². The fourth-order valence-corrected chi connectivity index (χ4v) is 2.31. The van der Waals surface area contributed by atoms with Gasteiger partial charge in [-0.3, -0.25) is 0 Å². The summed E-state index contributed by atoms with van der Waals surface area (Å²) in [5, 5.41) is 10.7. The Hall–Kier alpha value is -1.75. The number of nitrogen functional groups attached to an aromatic ring is 1. The summed E-state index contributed by atoms with van der Waals surface area (Å²) in [6, 6.07) is 7.11. The van der Waals surface area contributed by atoms with Gasteiger partial charge in [0, 0.05) is 12.2 Å². The van der Waals surface area contributed by atoms with E-state index in [4.69, 9.17) is 10.5 Å². The second kappa shape index (κ2) is 4.98. The van der Waals surface area contributed by atoms with Crippen LogP contribution in [0.3, 0.4) is 0 Å². The number of aliphatic hydroxyl groups is 1. The minimum Gasteiger partial charge on any atom is -0.444 e. The molecule has 1 aromatic carbocycles. The molecule has 0 aromatic heterocycles. The average Bonchev–Trinajstić information content (AvgIpc) is 2.72. The molecule has 1 aliphatic heterocycles. The maximum atomic E-state index is 12.0. The third kappa shape index (κ3) is 3.22. The molecule has 0 aliphatic carbocycles. The number of hydrogen-bond acceptors (Lipinski definition) is 4. The van der Waals surface area contributed by atoms with Crippen molar-refractivity contribution in [2.75, 3.05) is 18.8 Å². The molecule has 0 radical (unpaired) electrons. The number of amides is 1. The molecular formula is C15H22N2O3. The molecule has 0 bridgehead atoms. The Bertz CT molecular complexity index is 493. The Labute approximate surface area is 119 Å². The summed E-state index contributed by atoms with van der Waals surface area (Å²) < 4.78 is 5.33. The van der Waals surface area contributed by atoms with Crippen molar-refractivity contribution in [3.8, 4) is 0 Å². The van der Waals surface area contributed by atoms with Crippen molar-refractivity contribution in [2.45, 2.75) is 38.4 Å². The van der Waals surface area contributed by atoms with Gasteiger partial charge in [0.15, 0.2) is 0 Å². The van der Waals surface area contributed by atoms with E-state index >= 15 is 0 Å². The average molecular weight is 278 g/mol. The maximum Gasteiger partial charge on any atom is 0.410 e. The SMILES string of the molecule is CC(C)(C)OC(=O)N1CCC(O)(c2ccc(N)cc2)C1. The summed E-state index contributed by atoms with van der Waals surface area (Å²) in [6.45, 7) is 6.20. The lowest BCUT2D eigenvalue weighted by Gasteiger charge is -2.26. The number of benzene rings is 1. The fraction of sp³-hybridized carbons (Fsp3) is 0.533. The van der Waals surface area contributed by atoms with Crippen LogP contribution in [0.2, 0.25) is 0 Å². The minimum absolute atomic E-state index is 0.242. The van der Waals surface area contributed by atoms with Crippen LogP contribution in [0, 0.1) is 0 Å². The quantitative estimate of drug-likeness (QED) is 0.771. The van der Waals surface area contributed by atoms with Crippen molar-refractivity contribution in [3.63, 3.8) is 0 Å². The van der Waals surface area contributed by atoms with E-state index in [-0.39, 0.29) is 12.6 Å². The summed E-state index contributed by atoms with van der Waals surface area (Å²) in [5.41, 5.74) is 5.52. The maximum absolute atomic E-state index is 12.0. The number of hydrogen-bond donors (Lipinski definition) is 2. The molecule has 1 atom stereocenters. The number of rotatable bonds is 1. The van der Waals surface area contributed by atoms with Crippen molar-refractivity contribution in [2.24, 2.45) is 0 Å². The van der Waals surface area contributed by atoms with Crippen LogP contribution >= 0.6 is 0 Å². The van der Waals surface area contributed by atoms with Crippen LogP contribution in [-0.2, 0) is 10.3 Å². The Balaban J connectivity index is 2.07. The number of likely N-dealkylation sites (tertiary alicyclic amines) is 1. The molecule has 1 fully saturated rings. The van der Waals surface area contributed by atoms with Crippen LogP contribution in [0.5, 0.6) is 0 Å². The number of carbonyl (C=O) groups is 1. The number of nitrogens with zero attached hydrogens (tertiary/aromatic N) is 1. The molecule has 1 amide bonds. The van der Waals surface area contributed by atoms with E-state index in [0.29, 0.717) is 18.7 Å². The highest BCUT2D eigenvalue weighted by atomic mass is 16.6. The van der Waals surface area contributed by atoms with E-state index in [2.05, 4.69) is 0 Å². The molecule has 3 N–H and O–H groups in total. The van der Waals surface area contributed by atoms with Crippen LogP contribution in [0.15, 0.2) is 24.3 Å². The van der Waals surface area contributed by atoms with Crippen LogP contribution in [0.1, 0.15) is 32.8 Å². The highest BCUT2D eigenvalue weighted by molar-refractivity contribution is 5.68. The van der Waals surface area contributed by atoms with Crippen LogP contribution < -0.4 is 5.73 Å². The molecule has 1 aromatic rings. The van der Waals surface area contributed by atoms with Gasteiger partial charge in [-0.25, -0.2) is 4.79 Å². The second-order valence-corrected chi connectivity index (χ2v) is 6.31. The summed E-state index contributed by atoms with van der Waals surface area (Å²) >= 11 is 0. The standard InChI is InChI=1S/C15H22N2O3/c1-14(2,3)20-13(18)17-9-8-15(19,10-17)11-4-6-12(16)7-5-11/h4-7,19H,8-10,16H2,1-3H3. The van der Waals surface area contributed by atoms with Gasteiger partial charge in [-0.2, -0.15) is 0 Å². The number of nitrogens with two attached hydrogens (primary N) is 1. The molecule has 1 heterocycles. The van der Waals surface area contributed by atoms with E-state index in [0.717, 1.165) is 5.56 Å². The topological polar surface area (TPSA) is 75.8 Å². The van der Waals surface area contributed by atoms with Gasteiger partial charge in [-0.15, -0.1) is 0 Å². The lowest BCUT2D eigenvalue weighted by atomic mass is 9.93. The Morgan fingerprint density at radius 3 is 2.50 bits per heavy atom. The highest BCUT2D eigenvalue weighted by Gasteiger charge is 2.40. The van der Waals surface area contributed by atoms with E-state index in [1.54, 1.807) is 29.2 Å². The third-order valence-corrected chi connectivity index (χ3v) is 3.35. The largest absolute Gasteiger partial charge is 0.444 e. The summed E-state index contributed by atoms with van der Waals surface area (Å²) in [7, 11) is 0. The highest BCUT2D eigenvalue weighted by Crippen LogP contribution is 2.33. The Morgan fingerprint density at radius 1 is 1.35 bits per heavy atom. The molecule has 1 saturated heterocycles. The lowest BCUT2D eigenvalue weighted by Crippen LogP contribution is -2.38. The van der Waals surface area contributed by atoms with Gasteiger partial charge in [-0.05, 0) is 44.9 Å². The van der Waals surface area contributed by atoms with Crippen LogP contribution in [-0.4, -0.2) is 34.8 Å². The van der Waals surface area contributed by atoms with Gasteiger partial charge in [0.2, 0.25) is 0 Å². The van der Waals surface area contributed by atoms with Gasteiger partial charge in [0.05, 0.1) is 6.54 Å². The van der Waals surface area contributed by atoms with Crippen molar-refractivity contribution >= 4 is 11.8 Å². The zero-order valence-corrected chi connectivity index (χ0v) is 12.2. The molecule has 0 saturated carbocycles. The lowest BCUT2D eigenvalue weighted by molar-refractivity contribution is 0.0140. The third-order valence-electron chi connectivity index (χ3n) is 3.35. The first-order chi connectivity index (χ1) is 9.20. The molecule has 110 valence electrons. The Morgan fingerprint density at radius 2 is 1.95 bits per heavy atom. The molecule has 1 unspecified atom stereocenters. The molecule has 2 rings (SSSR count). The molecule has 20 heavy (non-hydrogen) atoms. The number of anilines is 1. The predicted octanol–water partition coefficient (Wildman–Crippen LogP) is 2.10. The van der Waals surface area contributed by atoms with Crippen LogP contribution in [0.25, 0.3) is 0 Å². The molecule has 0 spiro atoms. The molecule has 5 nitrogen and oxygen atoms in total. The summed E-state index contributed by atoms with van der Waals surface area (Å²) in [4.78, 5) is 13.6. The first-order valence-electron chi connectivity index (χ1n) is 6.76. The number of β-amino-alcohol motifs (C(OH)–C–C–N with tert-alkyl or cyclic N) is 1. The number of ether oxygens (including phenoxy) is 1. The number of carbonyl (C=O) groups excluding carboxylic acids is 1. The van der Waals surface area contributed by atoms with Crippen molar-refractivity contribution in [1.29, 1.82) is 0 Å². The minimum atomic E-state index is -1.02. The first kappa shape index (κ1) is 14.7. The summed E-state index contributed by atoms with van der Waals surface area (Å²) in [5.74, 6) is 0. The van der Waals surface area contributed by atoms with Crippen LogP contribution in [0.4, 0.5) is 10.5 Å². The van der Waals surface area contributed by atoms with Gasteiger partial charge >= 0.3 is 6.09 Å². The van der Waals surface area contributed by atoms with Crippen molar-refractivity contribution in [1.82, 2.24) is 4.90 Å². The zero-order chi connectivity index (χ0) is 15.0. The van der Waals surface area contributed by atoms with E-state index < -0.39 is 11.2 Å². The monoisotopic (exact) mass is 278 g/mol. The van der Waals surface area contributed by atoms with Gasteiger partial charge in [0.25, 0.3) is 0 Å². The smallest absolute Gasteiger partial charge is 0.410 e. The molecule has 5 heteroatoms. The zero-order valence-electron chi connectivity index (χ0n) is 12.2. The van der Waals surface area contributed by atoms with Gasteiger partial charge in [0.1, 0.15) is 11.2 Å². The van der Waals surface area contributed by atoms with E-state index in [1.807, 2.05) is 20.8 Å². The normalized spacial score (nSPS) is 22.9. The van der Waals surface area contributed by atoms with E-state index in [9.17, 15) is 9.90 Å². The first-order valence-corrected chi connectivity index (χ1v) is 6.76. The Kier molecular flexibility index (Phi) is 3.65. The summed E-state index contributed by atoms with van der Waals surface area (Å²) in [6.07, 6.45) is 0.111. The van der Waals surface area contributed by atoms with E-state index in [1.165, 1.54) is 0 Å². The molecule has 1 aliphatic rings. The second-order valence-electron chi connectivity index (χ2n) is 6.31. The van der Waals surface area contributed by atoms with Gasteiger partial charge in [-0.1, -0.05) is 12.1 Å². The fourth-order valence-electron chi connectivity index (χ4n) is 2.31. The molecular weight excluding hydrogens is 256 g/mol.